The van der Waals surface area contributed by atoms with Crippen LogP contribution >= 0.6 is 23.4 Å². The van der Waals surface area contributed by atoms with E-state index in [9.17, 15) is 4.79 Å². The van der Waals surface area contributed by atoms with Gasteiger partial charge in [0.15, 0.2) is 0 Å². The highest BCUT2D eigenvalue weighted by Crippen LogP contribution is 2.19. The Balaban J connectivity index is 1.71. The molecule has 0 saturated carbocycles. The van der Waals surface area contributed by atoms with Crippen molar-refractivity contribution in [3.05, 3.63) is 58.6 Å². The molecule has 2 rings (SSSR count). The number of anilines is 1. The van der Waals surface area contributed by atoms with Gasteiger partial charge in [0.05, 0.1) is 0 Å². The van der Waals surface area contributed by atoms with Crippen molar-refractivity contribution in [1.29, 1.82) is 0 Å². The van der Waals surface area contributed by atoms with Gasteiger partial charge < -0.3 is 10.6 Å². The van der Waals surface area contributed by atoms with E-state index >= 15 is 0 Å². The van der Waals surface area contributed by atoms with Crippen LogP contribution < -0.4 is 10.6 Å². The third-order valence-corrected chi connectivity index (χ3v) is 4.50. The summed E-state index contributed by atoms with van der Waals surface area (Å²) in [6.45, 7) is 4.68. The van der Waals surface area contributed by atoms with Gasteiger partial charge in [0.1, 0.15) is 0 Å². The number of nitrogens with one attached hydrogen (secondary N) is 2. The van der Waals surface area contributed by atoms with E-state index in [-0.39, 0.29) is 6.03 Å². The first-order chi connectivity index (χ1) is 10.5. The molecule has 0 unspecified atom stereocenters. The molecule has 5 heteroatoms. The summed E-state index contributed by atoms with van der Waals surface area (Å²) in [4.78, 5) is 13.0. The third kappa shape index (κ3) is 5.28. The van der Waals surface area contributed by atoms with Gasteiger partial charge in [0.25, 0.3) is 0 Å². The number of hydrogen-bond donors (Lipinski definition) is 2. The quantitative estimate of drug-likeness (QED) is 0.605. The van der Waals surface area contributed by atoms with E-state index in [4.69, 9.17) is 11.6 Å². The summed E-state index contributed by atoms with van der Waals surface area (Å²) in [5.74, 6) is 0.808. The van der Waals surface area contributed by atoms with Crippen LogP contribution in [0.25, 0.3) is 0 Å². The monoisotopic (exact) mass is 334 g/mol. The molecule has 0 aromatic heterocycles. The Morgan fingerprint density at radius 3 is 2.50 bits per heavy atom. The van der Waals surface area contributed by atoms with E-state index in [1.807, 2.05) is 56.3 Å². The molecule has 0 aliphatic heterocycles. The fraction of sp³-hybridized carbons (Fsp3) is 0.235. The van der Waals surface area contributed by atoms with E-state index in [1.54, 1.807) is 11.8 Å². The Kier molecular flexibility index (Phi) is 6.16. The lowest BCUT2D eigenvalue weighted by molar-refractivity contribution is 0.252. The zero-order valence-electron chi connectivity index (χ0n) is 12.7. The summed E-state index contributed by atoms with van der Waals surface area (Å²) in [6, 6.07) is 13.4. The lowest BCUT2D eigenvalue weighted by atomic mass is 10.1. The maximum atomic E-state index is 11.8. The number of carbonyl (C=O) groups is 1. The van der Waals surface area contributed by atoms with Crippen LogP contribution in [-0.2, 0) is 0 Å². The van der Waals surface area contributed by atoms with Gasteiger partial charge in [0, 0.05) is 27.9 Å². The highest BCUT2D eigenvalue weighted by molar-refractivity contribution is 7.99. The summed E-state index contributed by atoms with van der Waals surface area (Å²) in [5.41, 5.74) is 3.19. The summed E-state index contributed by atoms with van der Waals surface area (Å²) in [6.07, 6.45) is 0. The molecule has 0 aliphatic carbocycles. The zero-order valence-corrected chi connectivity index (χ0v) is 14.2. The SMILES string of the molecule is Cc1ccc(NC(=O)NCCSc2ccc(Cl)cc2)cc1C. The molecule has 22 heavy (non-hydrogen) atoms. The van der Waals surface area contributed by atoms with Crippen LogP contribution in [0.4, 0.5) is 10.5 Å². The fourth-order valence-electron chi connectivity index (χ4n) is 1.86. The second-order valence-corrected chi connectivity index (χ2v) is 6.59. The first kappa shape index (κ1) is 16.7. The van der Waals surface area contributed by atoms with Crippen molar-refractivity contribution in [1.82, 2.24) is 5.32 Å². The summed E-state index contributed by atoms with van der Waals surface area (Å²) >= 11 is 7.52. The van der Waals surface area contributed by atoms with E-state index < -0.39 is 0 Å². The molecule has 2 amide bonds. The lowest BCUT2D eigenvalue weighted by Crippen LogP contribution is -2.30. The molecule has 0 fully saturated rings. The Morgan fingerprint density at radius 2 is 1.82 bits per heavy atom. The second-order valence-electron chi connectivity index (χ2n) is 4.98. The fourth-order valence-corrected chi connectivity index (χ4v) is 2.75. The summed E-state index contributed by atoms with van der Waals surface area (Å²) in [5, 5.41) is 6.42. The molecule has 0 saturated heterocycles. The van der Waals surface area contributed by atoms with Crippen LogP contribution in [0, 0.1) is 13.8 Å². The minimum absolute atomic E-state index is 0.181. The van der Waals surface area contributed by atoms with E-state index in [1.165, 1.54) is 5.56 Å². The minimum Gasteiger partial charge on any atom is -0.337 e. The Morgan fingerprint density at radius 1 is 1.09 bits per heavy atom. The number of benzene rings is 2. The van der Waals surface area contributed by atoms with Gasteiger partial charge in [-0.15, -0.1) is 11.8 Å². The molecular weight excluding hydrogens is 316 g/mol. The number of hydrogen-bond acceptors (Lipinski definition) is 2. The van der Waals surface area contributed by atoms with Crippen LogP contribution in [0.15, 0.2) is 47.4 Å². The van der Waals surface area contributed by atoms with Gasteiger partial charge in [-0.1, -0.05) is 17.7 Å². The van der Waals surface area contributed by atoms with Crippen molar-refractivity contribution < 1.29 is 4.79 Å². The van der Waals surface area contributed by atoms with Gasteiger partial charge in [-0.05, 0) is 61.4 Å². The molecule has 0 atom stereocenters. The highest BCUT2D eigenvalue weighted by atomic mass is 35.5. The van der Waals surface area contributed by atoms with Crippen molar-refractivity contribution in [2.45, 2.75) is 18.7 Å². The van der Waals surface area contributed by atoms with Gasteiger partial charge in [0.2, 0.25) is 0 Å². The van der Waals surface area contributed by atoms with Crippen LogP contribution in [0.1, 0.15) is 11.1 Å². The molecule has 2 aromatic rings. The summed E-state index contributed by atoms with van der Waals surface area (Å²) in [7, 11) is 0. The van der Waals surface area contributed by atoms with Gasteiger partial charge in [-0.2, -0.15) is 0 Å². The van der Waals surface area contributed by atoms with Gasteiger partial charge in [-0.25, -0.2) is 4.79 Å². The Hall–Kier alpha value is -1.65. The first-order valence-electron chi connectivity index (χ1n) is 7.05. The smallest absolute Gasteiger partial charge is 0.319 e. The maximum absolute atomic E-state index is 11.8. The Labute approximate surface area is 140 Å². The molecule has 2 N–H and O–H groups in total. The van der Waals surface area contributed by atoms with Crippen LogP contribution in [0.5, 0.6) is 0 Å². The summed E-state index contributed by atoms with van der Waals surface area (Å²) < 4.78 is 0. The largest absolute Gasteiger partial charge is 0.337 e. The number of rotatable bonds is 5. The Bertz CT molecular complexity index is 644. The van der Waals surface area contributed by atoms with Gasteiger partial charge in [-0.3, -0.25) is 0 Å². The second kappa shape index (κ2) is 8.11. The van der Waals surface area contributed by atoms with Crippen LogP contribution in [0.2, 0.25) is 5.02 Å². The van der Waals surface area contributed by atoms with E-state index in [2.05, 4.69) is 10.6 Å². The number of thioether (sulfide) groups is 1. The average molecular weight is 335 g/mol. The minimum atomic E-state index is -0.181. The first-order valence-corrected chi connectivity index (χ1v) is 8.41. The number of halogens is 1. The van der Waals surface area contributed by atoms with Crippen LogP contribution in [-0.4, -0.2) is 18.3 Å². The molecule has 0 bridgehead atoms. The molecule has 0 radical (unpaired) electrons. The third-order valence-electron chi connectivity index (χ3n) is 3.23. The molecule has 3 nitrogen and oxygen atoms in total. The van der Waals surface area contributed by atoms with Crippen LogP contribution in [0.3, 0.4) is 0 Å². The van der Waals surface area contributed by atoms with E-state index in [0.29, 0.717) is 6.54 Å². The number of urea groups is 1. The normalized spacial score (nSPS) is 10.3. The van der Waals surface area contributed by atoms with Crippen molar-refractivity contribution in [2.24, 2.45) is 0 Å². The molecule has 2 aromatic carbocycles. The molecule has 0 heterocycles. The standard InChI is InChI=1S/C17H19ClN2OS/c1-12-3-6-15(11-13(12)2)20-17(21)19-9-10-22-16-7-4-14(18)5-8-16/h3-8,11H,9-10H2,1-2H3,(H2,19,20,21). The maximum Gasteiger partial charge on any atom is 0.319 e. The molecule has 0 aliphatic rings. The molecule has 116 valence electrons. The zero-order chi connectivity index (χ0) is 15.9. The van der Waals surface area contributed by atoms with Crippen molar-refractivity contribution in [2.75, 3.05) is 17.6 Å². The van der Waals surface area contributed by atoms with Crippen molar-refractivity contribution >= 4 is 35.1 Å². The molecule has 0 spiro atoms. The van der Waals surface area contributed by atoms with E-state index in [0.717, 1.165) is 26.9 Å². The number of amides is 2. The topological polar surface area (TPSA) is 41.1 Å². The predicted octanol–water partition coefficient (Wildman–Crippen LogP) is 4.87. The predicted molar refractivity (Wildman–Crippen MR) is 95.1 cm³/mol. The number of carbonyl (C=O) groups excluding carboxylic acids is 1. The van der Waals surface area contributed by atoms with Crippen molar-refractivity contribution in [3.8, 4) is 0 Å². The lowest BCUT2D eigenvalue weighted by Gasteiger charge is -2.09. The number of aryl methyl sites for hydroxylation is 2. The molecular formula is C17H19ClN2OS. The highest BCUT2D eigenvalue weighted by Gasteiger charge is 2.02. The van der Waals surface area contributed by atoms with Crippen molar-refractivity contribution in [3.63, 3.8) is 0 Å². The van der Waals surface area contributed by atoms with Gasteiger partial charge >= 0.3 is 6.03 Å². The average Bonchev–Trinajstić information content (AvgIpc) is 2.49.